The molecule has 0 saturated heterocycles. The second kappa shape index (κ2) is 13.2. The smallest absolute Gasteiger partial charge is 0.137 e. The number of hydrogen-bond donors (Lipinski definition) is 0. The van der Waals surface area contributed by atoms with Gasteiger partial charge in [0.1, 0.15) is 11.2 Å². The zero-order chi connectivity index (χ0) is 40.0. The summed E-state index contributed by atoms with van der Waals surface area (Å²) in [5.41, 5.74) is 18.6. The summed E-state index contributed by atoms with van der Waals surface area (Å²) in [7, 11) is 0. The van der Waals surface area contributed by atoms with E-state index in [1.54, 1.807) is 0 Å². The van der Waals surface area contributed by atoms with E-state index in [0.29, 0.717) is 0 Å². The average Bonchev–Trinajstić information content (AvgIpc) is 3.93. The van der Waals surface area contributed by atoms with Gasteiger partial charge in [-0.2, -0.15) is 0 Å². The number of aromatic nitrogens is 1. The molecule has 0 amide bonds. The van der Waals surface area contributed by atoms with Gasteiger partial charge in [0.2, 0.25) is 0 Å². The standard InChI is InChI=1S/C57H40N2O/c1-57(2)47-19-9-6-17-44(47)55-48(57)20-12-22-51(55)59(52-23-13-25-54-56(52)45-18-8-11-24-53(45)60-54)42-33-28-39(29-34-42)38-26-31-41(32-27-38)58-49-21-10-7-16-43(49)46-36-40(30-35-50(46)58)37-14-4-3-5-15-37/h3-36H,1-2H3. The minimum absolute atomic E-state index is 0.123. The first-order chi connectivity index (χ1) is 29.5. The molecule has 2 heterocycles. The van der Waals surface area contributed by atoms with Crippen LogP contribution >= 0.6 is 0 Å². The molecule has 0 atom stereocenters. The number of nitrogens with zero attached hydrogens (tertiary/aromatic N) is 2. The molecule has 0 bridgehead atoms. The van der Waals surface area contributed by atoms with E-state index >= 15 is 0 Å². The van der Waals surface area contributed by atoms with Crippen molar-refractivity contribution in [2.45, 2.75) is 19.3 Å². The maximum atomic E-state index is 6.45. The summed E-state index contributed by atoms with van der Waals surface area (Å²) in [5, 5.41) is 4.73. The molecule has 0 aliphatic heterocycles. The van der Waals surface area contributed by atoms with Crippen LogP contribution in [0.15, 0.2) is 211 Å². The number of fused-ring (bicyclic) bond motifs is 9. The van der Waals surface area contributed by atoms with Gasteiger partial charge in [-0.1, -0.05) is 153 Å². The summed E-state index contributed by atoms with van der Waals surface area (Å²) < 4.78 is 8.84. The third-order valence-corrected chi connectivity index (χ3v) is 12.8. The van der Waals surface area contributed by atoms with Gasteiger partial charge in [-0.15, -0.1) is 0 Å². The normalized spacial score (nSPS) is 13.0. The maximum Gasteiger partial charge on any atom is 0.137 e. The molecule has 11 aromatic rings. The van der Waals surface area contributed by atoms with E-state index in [0.717, 1.165) is 50.3 Å². The van der Waals surface area contributed by atoms with Crippen LogP contribution in [0, 0.1) is 0 Å². The van der Waals surface area contributed by atoms with E-state index in [-0.39, 0.29) is 5.41 Å². The average molecular weight is 769 g/mol. The maximum absolute atomic E-state index is 6.45. The lowest BCUT2D eigenvalue weighted by Crippen LogP contribution is -2.16. The lowest BCUT2D eigenvalue weighted by atomic mass is 9.82. The topological polar surface area (TPSA) is 21.3 Å². The fraction of sp³-hybridized carbons (Fsp3) is 0.0526. The van der Waals surface area contributed by atoms with E-state index in [1.807, 2.05) is 6.07 Å². The quantitative estimate of drug-likeness (QED) is 0.168. The Morgan fingerprint density at radius 3 is 1.87 bits per heavy atom. The molecule has 0 spiro atoms. The fourth-order valence-corrected chi connectivity index (χ4v) is 9.94. The predicted octanol–water partition coefficient (Wildman–Crippen LogP) is 15.8. The first-order valence-electron chi connectivity index (χ1n) is 20.8. The molecule has 0 fully saturated rings. The zero-order valence-electron chi connectivity index (χ0n) is 33.4. The van der Waals surface area contributed by atoms with Gasteiger partial charge in [-0.25, -0.2) is 0 Å². The summed E-state index contributed by atoms with van der Waals surface area (Å²) in [6.45, 7) is 4.69. The van der Waals surface area contributed by atoms with Crippen LogP contribution in [0.4, 0.5) is 17.1 Å². The number of furan rings is 1. The molecule has 0 radical (unpaired) electrons. The number of benzene rings is 9. The van der Waals surface area contributed by atoms with Crippen molar-refractivity contribution in [3.05, 3.63) is 217 Å². The van der Waals surface area contributed by atoms with Crippen molar-refractivity contribution < 1.29 is 4.42 Å². The monoisotopic (exact) mass is 768 g/mol. The van der Waals surface area contributed by atoms with E-state index in [9.17, 15) is 0 Å². The molecule has 1 aliphatic carbocycles. The van der Waals surface area contributed by atoms with Crippen molar-refractivity contribution in [3.8, 4) is 39.1 Å². The molecule has 1 aliphatic rings. The van der Waals surface area contributed by atoms with Crippen molar-refractivity contribution >= 4 is 60.8 Å². The summed E-state index contributed by atoms with van der Waals surface area (Å²) in [6, 6.07) is 74.8. The van der Waals surface area contributed by atoms with Crippen LogP contribution in [-0.2, 0) is 5.41 Å². The van der Waals surface area contributed by atoms with E-state index < -0.39 is 0 Å². The van der Waals surface area contributed by atoms with Gasteiger partial charge in [0.15, 0.2) is 0 Å². The number of para-hydroxylation sites is 2. The van der Waals surface area contributed by atoms with Crippen molar-refractivity contribution in [1.29, 1.82) is 0 Å². The first kappa shape index (κ1) is 34.4. The van der Waals surface area contributed by atoms with Gasteiger partial charge >= 0.3 is 0 Å². The molecule has 60 heavy (non-hydrogen) atoms. The van der Waals surface area contributed by atoms with Crippen LogP contribution in [0.25, 0.3) is 82.8 Å². The van der Waals surface area contributed by atoms with E-state index in [4.69, 9.17) is 4.42 Å². The third-order valence-electron chi connectivity index (χ3n) is 12.8. The SMILES string of the molecule is CC1(C)c2ccccc2-c2c(N(c3ccc(-c4ccc(-n5c6ccccc6c6cc(-c7ccccc7)ccc65)cc4)cc3)c3cccc4oc5ccccc5c34)cccc21. The Labute approximate surface area is 349 Å². The molecular weight excluding hydrogens is 729 g/mol. The number of anilines is 3. The predicted molar refractivity (Wildman–Crippen MR) is 251 cm³/mol. The molecule has 12 rings (SSSR count). The lowest BCUT2D eigenvalue weighted by Gasteiger charge is -2.29. The van der Waals surface area contributed by atoms with Gasteiger partial charge in [0, 0.05) is 38.5 Å². The third kappa shape index (κ3) is 5.15. The van der Waals surface area contributed by atoms with Gasteiger partial charge in [-0.05, 0) is 106 Å². The van der Waals surface area contributed by atoms with Crippen molar-refractivity contribution in [1.82, 2.24) is 4.57 Å². The summed E-state index contributed by atoms with van der Waals surface area (Å²) in [5.74, 6) is 0. The molecule has 0 unspecified atom stereocenters. The van der Waals surface area contributed by atoms with Crippen LogP contribution in [0.1, 0.15) is 25.0 Å². The molecule has 0 saturated carbocycles. The Morgan fingerprint density at radius 2 is 1.03 bits per heavy atom. The van der Waals surface area contributed by atoms with Crippen LogP contribution in [-0.4, -0.2) is 4.57 Å². The number of hydrogen-bond acceptors (Lipinski definition) is 2. The fourth-order valence-electron chi connectivity index (χ4n) is 9.94. The summed E-state index contributed by atoms with van der Waals surface area (Å²) in [4.78, 5) is 2.44. The van der Waals surface area contributed by atoms with Gasteiger partial charge < -0.3 is 13.9 Å². The Hall–Kier alpha value is -7.62. The number of rotatable bonds is 6. The Bertz CT molecular complexity index is 3440. The van der Waals surface area contributed by atoms with Crippen molar-refractivity contribution in [3.63, 3.8) is 0 Å². The largest absolute Gasteiger partial charge is 0.456 e. The lowest BCUT2D eigenvalue weighted by molar-refractivity contribution is 0.660. The molecule has 3 heteroatoms. The molecule has 0 N–H and O–H groups in total. The highest BCUT2D eigenvalue weighted by Gasteiger charge is 2.38. The minimum Gasteiger partial charge on any atom is -0.456 e. The highest BCUT2D eigenvalue weighted by Crippen LogP contribution is 2.55. The molecule has 9 aromatic carbocycles. The van der Waals surface area contributed by atoms with E-state index in [2.05, 4.69) is 224 Å². The molecule has 2 aromatic heterocycles. The second-order valence-corrected chi connectivity index (χ2v) is 16.5. The second-order valence-electron chi connectivity index (χ2n) is 16.5. The minimum atomic E-state index is -0.123. The van der Waals surface area contributed by atoms with Gasteiger partial charge in [-0.3, -0.25) is 0 Å². The zero-order valence-corrected chi connectivity index (χ0v) is 33.4. The van der Waals surface area contributed by atoms with Crippen LogP contribution in [0.2, 0.25) is 0 Å². The molecular formula is C57H40N2O. The molecule has 284 valence electrons. The highest BCUT2D eigenvalue weighted by atomic mass is 16.3. The Morgan fingerprint density at radius 1 is 0.433 bits per heavy atom. The summed E-state index contributed by atoms with van der Waals surface area (Å²) in [6.07, 6.45) is 0. The van der Waals surface area contributed by atoms with Crippen molar-refractivity contribution in [2.75, 3.05) is 4.90 Å². The first-order valence-corrected chi connectivity index (χ1v) is 20.8. The van der Waals surface area contributed by atoms with Crippen LogP contribution in [0.5, 0.6) is 0 Å². The van der Waals surface area contributed by atoms with Gasteiger partial charge in [0.05, 0.1) is 27.8 Å². The van der Waals surface area contributed by atoms with Crippen molar-refractivity contribution in [2.24, 2.45) is 0 Å². The Kier molecular flexibility index (Phi) is 7.58. The summed E-state index contributed by atoms with van der Waals surface area (Å²) >= 11 is 0. The van der Waals surface area contributed by atoms with Gasteiger partial charge in [0.25, 0.3) is 0 Å². The molecule has 3 nitrogen and oxygen atoms in total. The van der Waals surface area contributed by atoms with E-state index in [1.165, 1.54) is 60.8 Å². The van der Waals surface area contributed by atoms with Crippen LogP contribution < -0.4 is 4.90 Å². The Balaban J connectivity index is 0.970. The van der Waals surface area contributed by atoms with Crippen LogP contribution in [0.3, 0.4) is 0 Å². The highest BCUT2D eigenvalue weighted by molar-refractivity contribution is 6.14.